The van der Waals surface area contributed by atoms with Crippen molar-refractivity contribution in [1.29, 1.82) is 0 Å². The van der Waals surface area contributed by atoms with Crippen LogP contribution in [0.3, 0.4) is 0 Å². The summed E-state index contributed by atoms with van der Waals surface area (Å²) in [5.74, 6) is 1.18. The van der Waals surface area contributed by atoms with E-state index in [-0.39, 0.29) is 11.1 Å². The van der Waals surface area contributed by atoms with Gasteiger partial charge in [-0.1, -0.05) is 6.07 Å². The van der Waals surface area contributed by atoms with Gasteiger partial charge in [0.05, 0.1) is 16.3 Å². The summed E-state index contributed by atoms with van der Waals surface area (Å²) < 4.78 is 0. The summed E-state index contributed by atoms with van der Waals surface area (Å²) in [5.41, 5.74) is 1.31. The maximum atomic E-state index is 12.0. The average molecular weight is 324 g/mol. The number of aromatic amines is 2. The number of fused-ring (bicyclic) bond motifs is 2. The third-order valence-electron chi connectivity index (χ3n) is 3.64. The van der Waals surface area contributed by atoms with E-state index in [1.165, 1.54) is 11.3 Å². The Morgan fingerprint density at radius 1 is 1.04 bits per heavy atom. The van der Waals surface area contributed by atoms with Crippen molar-refractivity contribution in [2.24, 2.45) is 0 Å². The fraction of sp³-hybridized carbons (Fsp3) is 0.125. The Labute approximate surface area is 133 Å². The van der Waals surface area contributed by atoms with E-state index in [4.69, 9.17) is 0 Å². The minimum absolute atomic E-state index is 0.127. The van der Waals surface area contributed by atoms with Crippen molar-refractivity contribution in [2.45, 2.75) is 13.3 Å². The summed E-state index contributed by atoms with van der Waals surface area (Å²) in [4.78, 5) is 38.9. The van der Waals surface area contributed by atoms with Gasteiger partial charge in [-0.2, -0.15) is 0 Å². The van der Waals surface area contributed by atoms with Crippen molar-refractivity contribution in [3.63, 3.8) is 0 Å². The zero-order chi connectivity index (χ0) is 16.0. The summed E-state index contributed by atoms with van der Waals surface area (Å²) in [6.45, 7) is 1.75. The lowest BCUT2D eigenvalue weighted by molar-refractivity contribution is 0.976. The third kappa shape index (κ3) is 2.44. The quantitative estimate of drug-likeness (QED) is 0.591. The highest BCUT2D eigenvalue weighted by Gasteiger charge is 2.08. The van der Waals surface area contributed by atoms with Gasteiger partial charge in [0, 0.05) is 6.42 Å². The molecule has 2 N–H and O–H groups in total. The van der Waals surface area contributed by atoms with Crippen molar-refractivity contribution in [3.05, 3.63) is 67.6 Å². The Bertz CT molecular complexity index is 1160. The molecule has 0 aliphatic carbocycles. The van der Waals surface area contributed by atoms with Gasteiger partial charge in [0.1, 0.15) is 16.5 Å². The Morgan fingerprint density at radius 3 is 2.74 bits per heavy atom. The zero-order valence-electron chi connectivity index (χ0n) is 12.2. The summed E-state index contributed by atoms with van der Waals surface area (Å²) >= 11 is 1.44. The van der Waals surface area contributed by atoms with Gasteiger partial charge in [0.15, 0.2) is 0 Å². The van der Waals surface area contributed by atoms with Gasteiger partial charge in [-0.25, -0.2) is 9.97 Å². The normalized spacial score (nSPS) is 11.3. The second-order valence-corrected chi connectivity index (χ2v) is 6.23. The van der Waals surface area contributed by atoms with Crippen molar-refractivity contribution in [1.82, 2.24) is 19.9 Å². The molecule has 0 radical (unpaired) electrons. The smallest absolute Gasteiger partial charge is 0.259 e. The van der Waals surface area contributed by atoms with Gasteiger partial charge in [-0.05, 0) is 36.1 Å². The van der Waals surface area contributed by atoms with Crippen molar-refractivity contribution >= 4 is 32.5 Å². The van der Waals surface area contributed by atoms with Crippen LogP contribution in [-0.4, -0.2) is 19.9 Å². The largest absolute Gasteiger partial charge is 0.310 e. The van der Waals surface area contributed by atoms with Crippen LogP contribution in [0.1, 0.15) is 17.2 Å². The number of benzene rings is 1. The molecular formula is C16H12N4O2S. The first kappa shape index (κ1) is 13.8. The molecule has 0 spiro atoms. The molecule has 3 aromatic heterocycles. The first-order valence-electron chi connectivity index (χ1n) is 7.06. The number of thiophene rings is 1. The molecule has 1 aromatic carbocycles. The molecule has 0 bridgehead atoms. The molecule has 4 rings (SSSR count). The topological polar surface area (TPSA) is 91.5 Å². The highest BCUT2D eigenvalue weighted by molar-refractivity contribution is 7.16. The van der Waals surface area contributed by atoms with Gasteiger partial charge >= 0.3 is 0 Å². The molecule has 0 aliphatic rings. The van der Waals surface area contributed by atoms with E-state index < -0.39 is 0 Å². The van der Waals surface area contributed by atoms with Gasteiger partial charge < -0.3 is 9.97 Å². The van der Waals surface area contributed by atoms with Gasteiger partial charge in [0.2, 0.25) is 0 Å². The number of H-pyrrole nitrogens is 2. The number of hydrogen-bond donors (Lipinski definition) is 2. The Morgan fingerprint density at radius 2 is 1.87 bits per heavy atom. The zero-order valence-corrected chi connectivity index (χ0v) is 13.0. The van der Waals surface area contributed by atoms with Gasteiger partial charge in [0.25, 0.3) is 11.1 Å². The summed E-state index contributed by atoms with van der Waals surface area (Å²) in [6.07, 6.45) is 0.479. The number of aromatic nitrogens is 4. The van der Waals surface area contributed by atoms with E-state index in [0.29, 0.717) is 34.4 Å². The minimum Gasteiger partial charge on any atom is -0.310 e. The fourth-order valence-electron chi connectivity index (χ4n) is 2.60. The van der Waals surface area contributed by atoms with E-state index in [1.807, 2.05) is 17.5 Å². The van der Waals surface area contributed by atoms with Crippen LogP contribution in [0.25, 0.3) is 21.1 Å². The lowest BCUT2D eigenvalue weighted by Crippen LogP contribution is -2.12. The van der Waals surface area contributed by atoms with E-state index in [9.17, 15) is 9.59 Å². The van der Waals surface area contributed by atoms with E-state index in [0.717, 1.165) is 10.4 Å². The van der Waals surface area contributed by atoms with Crippen molar-refractivity contribution in [2.75, 3.05) is 0 Å². The second kappa shape index (κ2) is 5.13. The second-order valence-electron chi connectivity index (χ2n) is 5.33. The standard InChI is InChI=1S/C16H12N4O2S/c1-8-17-12-6-9(2-3-10(12)14(21)18-8)7-13-19-15(22)11-4-5-23-16(11)20-13/h2-6H,7H2,1H3,(H,17,18,21)(H,19,20,22). The van der Waals surface area contributed by atoms with Gasteiger partial charge in [-0.3, -0.25) is 9.59 Å². The third-order valence-corrected chi connectivity index (χ3v) is 4.45. The molecular weight excluding hydrogens is 312 g/mol. The van der Waals surface area contributed by atoms with Gasteiger partial charge in [-0.15, -0.1) is 11.3 Å². The molecule has 0 aliphatic heterocycles. The number of aryl methyl sites for hydroxylation is 1. The Kier molecular flexibility index (Phi) is 3.09. The predicted octanol–water partition coefficient (Wildman–Crippen LogP) is 2.12. The van der Waals surface area contributed by atoms with Crippen molar-refractivity contribution in [3.8, 4) is 0 Å². The molecule has 7 heteroatoms. The Hall–Kier alpha value is -2.80. The number of hydrogen-bond acceptors (Lipinski definition) is 5. The average Bonchev–Trinajstić information content (AvgIpc) is 2.95. The minimum atomic E-state index is -0.148. The Balaban J connectivity index is 1.79. The molecule has 0 saturated carbocycles. The number of rotatable bonds is 2. The van der Waals surface area contributed by atoms with E-state index in [2.05, 4.69) is 19.9 Å². The molecule has 0 amide bonds. The summed E-state index contributed by atoms with van der Waals surface area (Å²) in [6, 6.07) is 7.23. The molecule has 0 atom stereocenters. The summed E-state index contributed by atoms with van der Waals surface area (Å²) in [7, 11) is 0. The summed E-state index contributed by atoms with van der Waals surface area (Å²) in [5, 5.41) is 3.02. The van der Waals surface area contributed by atoms with Crippen LogP contribution >= 0.6 is 11.3 Å². The SMILES string of the molecule is Cc1nc2cc(Cc3nc4sccc4c(=O)[nH]3)ccc2c(=O)[nH]1. The fourth-order valence-corrected chi connectivity index (χ4v) is 3.38. The van der Waals surface area contributed by atoms with Crippen LogP contribution in [0.4, 0.5) is 0 Å². The molecule has 0 unspecified atom stereocenters. The van der Waals surface area contributed by atoms with Crippen LogP contribution in [0.5, 0.6) is 0 Å². The molecule has 6 nitrogen and oxygen atoms in total. The maximum absolute atomic E-state index is 12.0. The molecule has 23 heavy (non-hydrogen) atoms. The first-order valence-corrected chi connectivity index (χ1v) is 7.94. The van der Waals surface area contributed by atoms with E-state index in [1.54, 1.807) is 19.1 Å². The van der Waals surface area contributed by atoms with Crippen LogP contribution < -0.4 is 11.1 Å². The lowest BCUT2D eigenvalue weighted by atomic mass is 10.1. The molecule has 3 heterocycles. The van der Waals surface area contributed by atoms with Crippen LogP contribution in [0.15, 0.2) is 39.2 Å². The predicted molar refractivity (Wildman–Crippen MR) is 90.1 cm³/mol. The molecule has 4 aromatic rings. The molecule has 0 fully saturated rings. The monoisotopic (exact) mass is 324 g/mol. The molecule has 114 valence electrons. The molecule has 0 saturated heterocycles. The number of nitrogens with one attached hydrogen (secondary N) is 2. The van der Waals surface area contributed by atoms with Crippen molar-refractivity contribution < 1.29 is 0 Å². The van der Waals surface area contributed by atoms with E-state index >= 15 is 0 Å². The highest BCUT2D eigenvalue weighted by Crippen LogP contribution is 2.16. The highest BCUT2D eigenvalue weighted by atomic mass is 32.1. The maximum Gasteiger partial charge on any atom is 0.259 e. The van der Waals surface area contributed by atoms with Crippen LogP contribution in [0.2, 0.25) is 0 Å². The number of nitrogens with zero attached hydrogens (tertiary/aromatic N) is 2. The first-order chi connectivity index (χ1) is 11.1. The lowest BCUT2D eigenvalue weighted by Gasteiger charge is -2.04. The van der Waals surface area contributed by atoms with Crippen LogP contribution in [-0.2, 0) is 6.42 Å². The van der Waals surface area contributed by atoms with Crippen LogP contribution in [0, 0.1) is 6.92 Å².